The molecule has 0 aromatic carbocycles. The molecule has 5 atom stereocenters. The van der Waals surface area contributed by atoms with Gasteiger partial charge in [0.25, 0.3) is 0 Å². The molecule has 4 heteroatoms. The molecule has 4 rings (SSSR count). The Bertz CT molecular complexity index is 775. The molecule has 4 aliphatic rings. The maximum absolute atomic E-state index is 13.3. The molecular formula is C22H30O4. The fourth-order valence-electron chi connectivity index (χ4n) is 7.09. The van der Waals surface area contributed by atoms with Gasteiger partial charge in [-0.3, -0.25) is 14.4 Å². The van der Waals surface area contributed by atoms with E-state index in [4.69, 9.17) is 0 Å². The van der Waals surface area contributed by atoms with Crippen LogP contribution in [0.25, 0.3) is 0 Å². The Kier molecular flexibility index (Phi) is 3.44. The number of hydrogen-bond acceptors (Lipinski definition) is 4. The molecule has 0 saturated heterocycles. The van der Waals surface area contributed by atoms with Crippen LogP contribution in [0.4, 0.5) is 0 Å². The van der Waals surface area contributed by atoms with Crippen molar-refractivity contribution in [2.45, 2.75) is 79.2 Å². The molecule has 2 saturated carbocycles. The van der Waals surface area contributed by atoms with E-state index in [1.165, 1.54) is 0 Å². The van der Waals surface area contributed by atoms with Crippen LogP contribution in [-0.4, -0.2) is 28.6 Å². The highest BCUT2D eigenvalue weighted by Gasteiger charge is 2.68. The number of hydrogen-bond donors (Lipinski definition) is 1. The van der Waals surface area contributed by atoms with E-state index in [1.807, 2.05) is 27.7 Å². The summed E-state index contributed by atoms with van der Waals surface area (Å²) in [7, 11) is 0. The number of allylic oxidation sites excluding steroid dienone is 1. The van der Waals surface area contributed by atoms with Gasteiger partial charge in [-0.15, -0.1) is 0 Å². The summed E-state index contributed by atoms with van der Waals surface area (Å²) in [4.78, 5) is 38.6. The Morgan fingerprint density at radius 1 is 0.962 bits per heavy atom. The molecule has 0 unspecified atom stereocenters. The number of fused-ring (bicyclic) bond motifs is 4. The summed E-state index contributed by atoms with van der Waals surface area (Å²) in [5.41, 5.74) is -0.366. The summed E-state index contributed by atoms with van der Waals surface area (Å²) in [5.74, 6) is 0.513. The summed E-state index contributed by atoms with van der Waals surface area (Å²) >= 11 is 0. The van der Waals surface area contributed by atoms with Crippen molar-refractivity contribution in [1.82, 2.24) is 0 Å². The molecule has 26 heavy (non-hydrogen) atoms. The smallest absolute Gasteiger partial charge is 0.160 e. The van der Waals surface area contributed by atoms with E-state index >= 15 is 0 Å². The molecule has 0 heterocycles. The molecule has 0 aromatic rings. The van der Waals surface area contributed by atoms with Crippen LogP contribution in [-0.2, 0) is 14.4 Å². The Hall–Kier alpha value is -1.29. The van der Waals surface area contributed by atoms with Crippen molar-refractivity contribution < 1.29 is 19.5 Å². The molecule has 142 valence electrons. The maximum atomic E-state index is 13.3. The van der Waals surface area contributed by atoms with Gasteiger partial charge in [-0.25, -0.2) is 0 Å². The Labute approximate surface area is 155 Å². The van der Waals surface area contributed by atoms with Crippen molar-refractivity contribution in [3.63, 3.8) is 0 Å². The van der Waals surface area contributed by atoms with E-state index in [2.05, 4.69) is 6.92 Å². The summed E-state index contributed by atoms with van der Waals surface area (Å²) in [6.07, 6.45) is 2.34. The molecule has 0 bridgehead atoms. The Morgan fingerprint density at radius 3 is 2.27 bits per heavy atom. The average molecular weight is 358 g/mol. The van der Waals surface area contributed by atoms with Gasteiger partial charge >= 0.3 is 0 Å². The zero-order chi connectivity index (χ0) is 19.3. The van der Waals surface area contributed by atoms with Crippen LogP contribution in [0.2, 0.25) is 0 Å². The first kappa shape index (κ1) is 18.1. The van der Waals surface area contributed by atoms with Crippen LogP contribution >= 0.6 is 0 Å². The molecule has 4 nitrogen and oxygen atoms in total. The van der Waals surface area contributed by atoms with Gasteiger partial charge < -0.3 is 5.11 Å². The van der Waals surface area contributed by atoms with E-state index < -0.39 is 22.3 Å². The number of rotatable bonds is 0. The van der Waals surface area contributed by atoms with Crippen molar-refractivity contribution in [2.75, 3.05) is 0 Å². The van der Waals surface area contributed by atoms with Crippen molar-refractivity contribution in [2.24, 2.45) is 27.6 Å². The summed E-state index contributed by atoms with van der Waals surface area (Å²) in [6.45, 7) is 10.1. The molecule has 4 aliphatic carbocycles. The fourth-order valence-corrected chi connectivity index (χ4v) is 7.09. The van der Waals surface area contributed by atoms with Gasteiger partial charge in [0.05, 0.1) is 6.10 Å². The second-order valence-electron chi connectivity index (χ2n) is 10.3. The molecule has 0 radical (unpaired) electrons. The summed E-state index contributed by atoms with van der Waals surface area (Å²) < 4.78 is 0. The van der Waals surface area contributed by atoms with Crippen LogP contribution in [0.3, 0.4) is 0 Å². The zero-order valence-electron chi connectivity index (χ0n) is 16.6. The maximum Gasteiger partial charge on any atom is 0.160 e. The third kappa shape index (κ3) is 1.77. The minimum absolute atomic E-state index is 0.0128. The number of aliphatic hydroxyl groups excluding tert-OH is 1. The lowest BCUT2D eigenvalue weighted by Crippen LogP contribution is -2.57. The summed E-state index contributed by atoms with van der Waals surface area (Å²) in [6, 6.07) is 0. The van der Waals surface area contributed by atoms with Gasteiger partial charge in [0.15, 0.2) is 5.78 Å². The highest BCUT2D eigenvalue weighted by Crippen LogP contribution is 2.68. The lowest BCUT2D eigenvalue weighted by molar-refractivity contribution is -0.144. The Morgan fingerprint density at radius 2 is 1.62 bits per heavy atom. The molecule has 0 aromatic heterocycles. The molecule has 0 spiro atoms. The van der Waals surface area contributed by atoms with Crippen LogP contribution < -0.4 is 0 Å². The number of Topliss-reactive ketones (excluding diaryl/α,β-unsaturated/α-hetero) is 3. The van der Waals surface area contributed by atoms with Gasteiger partial charge in [0, 0.05) is 46.5 Å². The normalized spacial score (nSPS) is 47.5. The largest absolute Gasteiger partial charge is 0.392 e. The van der Waals surface area contributed by atoms with Gasteiger partial charge in [-0.05, 0) is 25.2 Å². The molecule has 1 N–H and O–H groups in total. The predicted molar refractivity (Wildman–Crippen MR) is 97.3 cm³/mol. The second kappa shape index (κ2) is 4.95. The molecule has 0 aliphatic heterocycles. The number of carbonyl (C=O) groups is 3. The lowest BCUT2D eigenvalue weighted by Gasteiger charge is -2.58. The minimum atomic E-state index is -0.800. The van der Waals surface area contributed by atoms with Crippen LogP contribution in [0.5, 0.6) is 0 Å². The topological polar surface area (TPSA) is 71.4 Å². The molecule has 0 amide bonds. The van der Waals surface area contributed by atoms with E-state index in [9.17, 15) is 19.5 Å². The van der Waals surface area contributed by atoms with E-state index in [1.54, 1.807) is 0 Å². The van der Waals surface area contributed by atoms with Crippen LogP contribution in [0.1, 0.15) is 73.1 Å². The van der Waals surface area contributed by atoms with Crippen molar-refractivity contribution in [3.05, 3.63) is 11.1 Å². The molecular weight excluding hydrogens is 328 g/mol. The monoisotopic (exact) mass is 358 g/mol. The standard InChI is InChI=1S/C22H30O4/c1-19(2)14-7-6-12-18(20(14,3)9-8-15(19)24)13(23)11-21(4)16(25)10-17(26)22(12,21)5/h14,17,26H,6-11H2,1-5H3/t14-,17-,20-,21+,22+/m0/s1. The highest BCUT2D eigenvalue weighted by atomic mass is 16.3. The minimum Gasteiger partial charge on any atom is -0.392 e. The van der Waals surface area contributed by atoms with Crippen molar-refractivity contribution >= 4 is 17.3 Å². The predicted octanol–water partition coefficient (Wildman–Crippen LogP) is 3.41. The SMILES string of the molecule is CC1(C)C(=O)CC[C@]2(C)C3=C(CC[C@@H]12)[C@]1(C)[C@@H](O)CC(=O)[C@@]1(C)CC3=O. The number of aliphatic hydroxyl groups is 1. The van der Waals surface area contributed by atoms with Gasteiger partial charge in [0.1, 0.15) is 11.6 Å². The van der Waals surface area contributed by atoms with E-state index in [-0.39, 0.29) is 35.7 Å². The first-order valence-electron chi connectivity index (χ1n) is 9.92. The highest BCUT2D eigenvalue weighted by molar-refractivity contribution is 6.05. The second-order valence-corrected chi connectivity index (χ2v) is 10.3. The summed E-state index contributed by atoms with van der Waals surface area (Å²) in [5, 5.41) is 10.8. The first-order chi connectivity index (χ1) is 11.9. The van der Waals surface area contributed by atoms with Crippen molar-refractivity contribution in [1.29, 1.82) is 0 Å². The van der Waals surface area contributed by atoms with Gasteiger partial charge in [-0.2, -0.15) is 0 Å². The average Bonchev–Trinajstić information content (AvgIpc) is 2.71. The first-order valence-corrected chi connectivity index (χ1v) is 9.92. The fraction of sp³-hybridized carbons (Fsp3) is 0.773. The van der Waals surface area contributed by atoms with E-state index in [0.29, 0.717) is 25.0 Å². The van der Waals surface area contributed by atoms with Crippen molar-refractivity contribution in [3.8, 4) is 0 Å². The zero-order valence-corrected chi connectivity index (χ0v) is 16.6. The van der Waals surface area contributed by atoms with Gasteiger partial charge in [0.2, 0.25) is 0 Å². The lowest BCUT2D eigenvalue weighted by atomic mass is 9.44. The molecule has 2 fully saturated rings. The van der Waals surface area contributed by atoms with E-state index in [0.717, 1.165) is 17.6 Å². The number of ketones is 3. The quantitative estimate of drug-likeness (QED) is 0.720. The van der Waals surface area contributed by atoms with Gasteiger partial charge in [-0.1, -0.05) is 40.2 Å². The van der Waals surface area contributed by atoms with Crippen LogP contribution in [0, 0.1) is 27.6 Å². The Balaban J connectivity index is 1.94. The van der Waals surface area contributed by atoms with Crippen LogP contribution in [0.15, 0.2) is 11.1 Å². The third-order valence-electron chi connectivity index (χ3n) is 9.01. The number of carbonyl (C=O) groups excluding carboxylic acids is 3. The third-order valence-corrected chi connectivity index (χ3v) is 9.01.